The first-order valence-electron chi connectivity index (χ1n) is 4.68. The van der Waals surface area contributed by atoms with Gasteiger partial charge in [-0.05, 0) is 12.1 Å². The molecular weight excluding hydrogens is 199 g/mol. The van der Waals surface area contributed by atoms with Crippen molar-refractivity contribution in [3.8, 4) is 5.75 Å². The van der Waals surface area contributed by atoms with Crippen LogP contribution in [0.2, 0.25) is 0 Å². The third-order valence-corrected chi connectivity index (χ3v) is 1.11. The third kappa shape index (κ3) is 13.1. The average molecular weight is 216 g/mol. The van der Waals surface area contributed by atoms with Gasteiger partial charge >= 0.3 is 24.8 Å². The van der Waals surface area contributed by atoms with Crippen LogP contribution in [0.25, 0.3) is 0 Å². The van der Waals surface area contributed by atoms with Gasteiger partial charge in [-0.25, -0.2) is 4.79 Å². The summed E-state index contributed by atoms with van der Waals surface area (Å²) in [6, 6.07) is 8.84. The van der Waals surface area contributed by atoms with Gasteiger partial charge in [-0.2, -0.15) is 20.8 Å². The standard InChI is InChI=1S/C8H8O3.C4H9.Li/c9-8(10)6-11-7-4-2-1-3-5-7;1-4(2)3;/h1-5H,6H2,(H,9,10);1-3H3;/q;-1;+1. The number of rotatable bonds is 3. The van der Waals surface area contributed by atoms with Crippen LogP contribution < -0.4 is 23.6 Å². The second kappa shape index (κ2) is 10.6. The molecule has 0 radical (unpaired) electrons. The number of carbonyl (C=O) groups is 1. The molecule has 0 atom stereocenters. The molecule has 0 aliphatic carbocycles. The molecule has 1 rings (SSSR count). The van der Waals surface area contributed by atoms with Gasteiger partial charge in [-0.3, -0.25) is 0 Å². The zero-order valence-electron chi connectivity index (χ0n) is 10.4. The Morgan fingerprint density at radius 2 is 1.69 bits per heavy atom. The smallest absolute Gasteiger partial charge is 0.482 e. The quantitative estimate of drug-likeness (QED) is 0.561. The normalized spacial score (nSPS) is 8.50. The molecule has 0 aliphatic heterocycles. The minimum absolute atomic E-state index is 0. The van der Waals surface area contributed by atoms with E-state index in [9.17, 15) is 4.79 Å². The number of carboxylic acids is 1. The average Bonchev–Trinajstić information content (AvgIpc) is 2.15. The number of benzene rings is 1. The van der Waals surface area contributed by atoms with Crippen molar-refractivity contribution in [3.05, 3.63) is 36.2 Å². The van der Waals surface area contributed by atoms with E-state index in [0.29, 0.717) is 5.75 Å². The van der Waals surface area contributed by atoms with Crippen molar-refractivity contribution in [2.75, 3.05) is 6.61 Å². The fourth-order valence-corrected chi connectivity index (χ4v) is 0.662. The molecule has 0 saturated heterocycles. The van der Waals surface area contributed by atoms with Gasteiger partial charge in [-0.1, -0.05) is 18.2 Å². The van der Waals surface area contributed by atoms with Gasteiger partial charge < -0.3 is 15.8 Å². The summed E-state index contributed by atoms with van der Waals surface area (Å²) >= 11 is 0. The van der Waals surface area contributed by atoms with Crippen LogP contribution in [0.4, 0.5) is 0 Å². The van der Waals surface area contributed by atoms with E-state index in [2.05, 4.69) is 20.8 Å². The maximum atomic E-state index is 10.0. The monoisotopic (exact) mass is 216 g/mol. The molecule has 84 valence electrons. The molecule has 0 bridgehead atoms. The van der Waals surface area contributed by atoms with Crippen LogP contribution in [0, 0.1) is 5.92 Å². The summed E-state index contributed by atoms with van der Waals surface area (Å²) in [5, 5.41) is 8.25. The van der Waals surface area contributed by atoms with Crippen LogP contribution in [0.3, 0.4) is 0 Å². The van der Waals surface area contributed by atoms with E-state index >= 15 is 0 Å². The SMILES string of the molecule is C[C-](C)C.O=C(O)COc1ccccc1.[Li+]. The molecule has 0 heterocycles. The van der Waals surface area contributed by atoms with Crippen molar-refractivity contribution < 1.29 is 33.5 Å². The Labute approximate surface area is 109 Å². The van der Waals surface area contributed by atoms with E-state index in [1.54, 1.807) is 24.3 Å². The summed E-state index contributed by atoms with van der Waals surface area (Å²) < 4.78 is 4.87. The van der Waals surface area contributed by atoms with E-state index in [1.807, 2.05) is 6.07 Å². The van der Waals surface area contributed by atoms with Crippen LogP contribution in [-0.4, -0.2) is 17.7 Å². The number of hydrogen-bond donors (Lipinski definition) is 1. The number of ether oxygens (including phenoxy) is 1. The Morgan fingerprint density at radius 3 is 2.06 bits per heavy atom. The van der Waals surface area contributed by atoms with Crippen molar-refractivity contribution >= 4 is 5.97 Å². The van der Waals surface area contributed by atoms with Gasteiger partial charge in [0.2, 0.25) is 0 Å². The predicted molar refractivity (Wildman–Crippen MR) is 59.8 cm³/mol. The van der Waals surface area contributed by atoms with Crippen molar-refractivity contribution in [1.82, 2.24) is 0 Å². The van der Waals surface area contributed by atoms with Crippen LogP contribution in [0.1, 0.15) is 20.8 Å². The molecule has 4 heteroatoms. The number of aliphatic carboxylic acids is 1. The van der Waals surface area contributed by atoms with Gasteiger partial charge in [-0.15, -0.1) is 0 Å². The van der Waals surface area contributed by atoms with Crippen LogP contribution >= 0.6 is 0 Å². The van der Waals surface area contributed by atoms with Crippen molar-refractivity contribution in [1.29, 1.82) is 0 Å². The fourth-order valence-electron chi connectivity index (χ4n) is 0.662. The zero-order chi connectivity index (χ0) is 11.7. The molecule has 0 fully saturated rings. The van der Waals surface area contributed by atoms with E-state index in [4.69, 9.17) is 9.84 Å². The summed E-state index contributed by atoms with van der Waals surface area (Å²) in [5.41, 5.74) is 0. The summed E-state index contributed by atoms with van der Waals surface area (Å²) in [7, 11) is 0. The van der Waals surface area contributed by atoms with Crippen LogP contribution in [-0.2, 0) is 4.79 Å². The second-order valence-corrected chi connectivity index (χ2v) is 3.50. The van der Waals surface area contributed by atoms with Crippen molar-refractivity contribution in [2.24, 2.45) is 0 Å². The molecule has 3 nitrogen and oxygen atoms in total. The number of carboxylic acid groups (broad SMARTS) is 1. The molecule has 0 saturated carbocycles. The molecule has 0 spiro atoms. The van der Waals surface area contributed by atoms with Gasteiger partial charge in [0.15, 0.2) is 6.61 Å². The summed E-state index contributed by atoms with van der Waals surface area (Å²) in [6.45, 7) is 5.96. The predicted octanol–water partition coefficient (Wildman–Crippen LogP) is -0.225. The Hall–Kier alpha value is -0.913. The minimum Gasteiger partial charge on any atom is -0.482 e. The van der Waals surface area contributed by atoms with Gasteiger partial charge in [0.05, 0.1) is 0 Å². The zero-order valence-corrected chi connectivity index (χ0v) is 10.4. The summed E-state index contributed by atoms with van der Waals surface area (Å²) in [6.07, 6.45) is 0. The Bertz CT molecular complexity index is 270. The van der Waals surface area contributed by atoms with E-state index in [1.165, 1.54) is 5.92 Å². The molecule has 0 unspecified atom stereocenters. The Kier molecular flexibility index (Phi) is 11.6. The molecular formula is C12H17LiO3. The molecule has 16 heavy (non-hydrogen) atoms. The largest absolute Gasteiger partial charge is 1.00 e. The van der Waals surface area contributed by atoms with E-state index in [0.717, 1.165) is 0 Å². The molecule has 0 aliphatic rings. The second-order valence-electron chi connectivity index (χ2n) is 3.50. The Morgan fingerprint density at radius 1 is 1.25 bits per heavy atom. The number of hydrogen-bond acceptors (Lipinski definition) is 2. The van der Waals surface area contributed by atoms with E-state index in [-0.39, 0.29) is 25.5 Å². The van der Waals surface area contributed by atoms with Crippen molar-refractivity contribution in [3.63, 3.8) is 0 Å². The molecule has 1 aromatic carbocycles. The molecule has 0 aromatic heterocycles. The van der Waals surface area contributed by atoms with E-state index < -0.39 is 5.97 Å². The van der Waals surface area contributed by atoms with Crippen LogP contribution in [0.15, 0.2) is 30.3 Å². The summed E-state index contributed by atoms with van der Waals surface area (Å²) in [4.78, 5) is 10.0. The number of para-hydroxylation sites is 1. The summed E-state index contributed by atoms with van der Waals surface area (Å²) in [5.74, 6) is 1.03. The molecule has 1 aromatic rings. The fraction of sp³-hybridized carbons (Fsp3) is 0.333. The maximum absolute atomic E-state index is 10.0. The first-order chi connectivity index (χ1) is 7.02. The van der Waals surface area contributed by atoms with Gasteiger partial charge in [0, 0.05) is 0 Å². The third-order valence-electron chi connectivity index (χ3n) is 1.11. The van der Waals surface area contributed by atoms with Crippen LogP contribution in [0.5, 0.6) is 5.75 Å². The maximum Gasteiger partial charge on any atom is 1.00 e. The van der Waals surface area contributed by atoms with Gasteiger partial charge in [0.25, 0.3) is 0 Å². The van der Waals surface area contributed by atoms with Crippen molar-refractivity contribution in [2.45, 2.75) is 20.8 Å². The Balaban J connectivity index is 0. The first kappa shape index (κ1) is 17.5. The molecule has 1 N–H and O–H groups in total. The first-order valence-corrected chi connectivity index (χ1v) is 4.68. The van der Waals surface area contributed by atoms with Gasteiger partial charge in [0.1, 0.15) is 5.75 Å². The topological polar surface area (TPSA) is 46.5 Å². The molecule has 0 amide bonds. The minimum atomic E-state index is -0.964.